The van der Waals surface area contributed by atoms with Crippen LogP contribution in [0.4, 0.5) is 0 Å². The van der Waals surface area contributed by atoms with Gasteiger partial charge in [-0.15, -0.1) is 0 Å². The fourth-order valence-corrected chi connectivity index (χ4v) is 3.13. The van der Waals surface area contributed by atoms with Crippen LogP contribution in [0.3, 0.4) is 0 Å². The summed E-state index contributed by atoms with van der Waals surface area (Å²) in [7, 11) is 0. The fraction of sp³-hybridized carbons (Fsp3) is 1.00. The Morgan fingerprint density at radius 2 is 1.65 bits per heavy atom. The predicted molar refractivity (Wildman–Crippen MR) is 73.4 cm³/mol. The second kappa shape index (κ2) is 5.68. The van der Waals surface area contributed by atoms with Gasteiger partial charge in [-0.25, -0.2) is 0 Å². The molecule has 2 aliphatic rings. The molecule has 1 N–H and O–H groups in total. The van der Waals surface area contributed by atoms with E-state index < -0.39 is 0 Å². The highest BCUT2D eigenvalue weighted by Gasteiger charge is 2.31. The van der Waals surface area contributed by atoms with Gasteiger partial charge in [0.15, 0.2) is 0 Å². The van der Waals surface area contributed by atoms with Crippen molar-refractivity contribution in [1.29, 1.82) is 0 Å². The lowest BCUT2D eigenvalue weighted by molar-refractivity contribution is 0.0428. The first-order valence-corrected chi connectivity index (χ1v) is 7.26. The van der Waals surface area contributed by atoms with Gasteiger partial charge < -0.3 is 5.32 Å². The molecule has 0 aromatic rings. The smallest absolute Gasteiger partial charge is 0.0280 e. The Morgan fingerprint density at radius 3 is 2.24 bits per heavy atom. The number of piperidine rings is 1. The molecule has 100 valence electrons. The van der Waals surface area contributed by atoms with Crippen LogP contribution in [0.25, 0.3) is 0 Å². The first-order chi connectivity index (χ1) is 8.08. The number of nitrogens with one attached hydrogen (secondary N) is 1. The van der Waals surface area contributed by atoms with E-state index in [9.17, 15) is 0 Å². The third-order valence-corrected chi connectivity index (χ3v) is 4.46. The van der Waals surface area contributed by atoms with Crippen molar-refractivity contribution in [2.45, 2.75) is 39.2 Å². The minimum Gasteiger partial charge on any atom is -0.314 e. The highest BCUT2D eigenvalue weighted by atomic mass is 15.3. The van der Waals surface area contributed by atoms with Gasteiger partial charge in [0, 0.05) is 38.3 Å². The van der Waals surface area contributed by atoms with Crippen molar-refractivity contribution in [3.63, 3.8) is 0 Å². The van der Waals surface area contributed by atoms with Gasteiger partial charge in [0.05, 0.1) is 0 Å². The summed E-state index contributed by atoms with van der Waals surface area (Å²) < 4.78 is 0. The summed E-state index contributed by atoms with van der Waals surface area (Å²) in [6.07, 6.45) is 2.76. The molecule has 2 heterocycles. The maximum absolute atomic E-state index is 3.43. The van der Waals surface area contributed by atoms with Crippen molar-refractivity contribution < 1.29 is 0 Å². The maximum atomic E-state index is 3.43. The summed E-state index contributed by atoms with van der Waals surface area (Å²) in [5.74, 6) is 0.932. The average molecular weight is 239 g/mol. The minimum atomic E-state index is 0.345. The lowest BCUT2D eigenvalue weighted by atomic mass is 9.93. The first-order valence-electron chi connectivity index (χ1n) is 7.26. The monoisotopic (exact) mass is 239 g/mol. The molecule has 0 spiro atoms. The average Bonchev–Trinajstić information content (AvgIpc) is 2.30. The fourth-order valence-electron chi connectivity index (χ4n) is 3.13. The lowest BCUT2D eigenvalue weighted by Gasteiger charge is -2.45. The summed E-state index contributed by atoms with van der Waals surface area (Å²) >= 11 is 0. The van der Waals surface area contributed by atoms with Gasteiger partial charge in [-0.3, -0.25) is 9.80 Å². The van der Waals surface area contributed by atoms with E-state index in [4.69, 9.17) is 0 Å². The van der Waals surface area contributed by atoms with Crippen molar-refractivity contribution >= 4 is 0 Å². The van der Waals surface area contributed by atoms with E-state index >= 15 is 0 Å². The molecule has 0 radical (unpaired) electrons. The van der Waals surface area contributed by atoms with E-state index in [2.05, 4.69) is 35.9 Å². The number of nitrogens with zero attached hydrogens (tertiary/aromatic N) is 2. The Morgan fingerprint density at radius 1 is 1.06 bits per heavy atom. The Balaban J connectivity index is 1.84. The zero-order valence-electron chi connectivity index (χ0n) is 11.8. The SMILES string of the molecule is CC1CCN(C(C)(C)CN2CCNCC2)CC1. The standard InChI is InChI=1S/C14H29N3/c1-13-4-8-17(9-5-13)14(2,3)12-16-10-6-15-7-11-16/h13,15H,4-12H2,1-3H3. The molecule has 0 aromatic carbocycles. The molecule has 0 amide bonds. The molecule has 2 fully saturated rings. The Kier molecular flexibility index (Phi) is 4.45. The summed E-state index contributed by atoms with van der Waals surface area (Å²) in [5.41, 5.74) is 0.345. The van der Waals surface area contributed by atoms with E-state index in [1.807, 2.05) is 0 Å². The molecular formula is C14H29N3. The second-order valence-electron chi connectivity index (χ2n) is 6.51. The quantitative estimate of drug-likeness (QED) is 0.803. The van der Waals surface area contributed by atoms with Crippen LogP contribution >= 0.6 is 0 Å². The van der Waals surface area contributed by atoms with Gasteiger partial charge in [0.25, 0.3) is 0 Å². The van der Waals surface area contributed by atoms with Crippen molar-refractivity contribution in [1.82, 2.24) is 15.1 Å². The van der Waals surface area contributed by atoms with Crippen LogP contribution < -0.4 is 5.32 Å². The first kappa shape index (κ1) is 13.3. The zero-order chi connectivity index (χ0) is 12.3. The van der Waals surface area contributed by atoms with E-state index in [0.717, 1.165) is 19.0 Å². The zero-order valence-corrected chi connectivity index (χ0v) is 11.8. The van der Waals surface area contributed by atoms with Gasteiger partial charge in [0.1, 0.15) is 0 Å². The molecule has 0 aliphatic carbocycles. The molecule has 0 bridgehead atoms. The van der Waals surface area contributed by atoms with Crippen molar-refractivity contribution in [2.24, 2.45) is 5.92 Å². The van der Waals surface area contributed by atoms with Crippen LogP contribution in [0.2, 0.25) is 0 Å². The highest BCUT2D eigenvalue weighted by Crippen LogP contribution is 2.24. The second-order valence-corrected chi connectivity index (χ2v) is 6.51. The van der Waals surface area contributed by atoms with Gasteiger partial charge in [0.2, 0.25) is 0 Å². The molecule has 0 atom stereocenters. The third-order valence-electron chi connectivity index (χ3n) is 4.46. The van der Waals surface area contributed by atoms with Gasteiger partial charge >= 0.3 is 0 Å². The Labute approximate surface area is 107 Å². The number of hydrogen-bond donors (Lipinski definition) is 1. The summed E-state index contributed by atoms with van der Waals surface area (Å²) in [5, 5.41) is 3.43. The molecule has 17 heavy (non-hydrogen) atoms. The van der Waals surface area contributed by atoms with Crippen LogP contribution in [0.15, 0.2) is 0 Å². The molecule has 0 aromatic heterocycles. The number of hydrogen-bond acceptors (Lipinski definition) is 3. The minimum absolute atomic E-state index is 0.345. The lowest BCUT2D eigenvalue weighted by Crippen LogP contribution is -2.56. The summed E-state index contributed by atoms with van der Waals surface area (Å²) in [6.45, 7) is 15.8. The highest BCUT2D eigenvalue weighted by molar-refractivity contribution is 4.88. The van der Waals surface area contributed by atoms with E-state index in [0.29, 0.717) is 5.54 Å². The van der Waals surface area contributed by atoms with E-state index in [1.54, 1.807) is 0 Å². The molecule has 0 unspecified atom stereocenters. The van der Waals surface area contributed by atoms with Crippen LogP contribution in [0.5, 0.6) is 0 Å². The number of likely N-dealkylation sites (tertiary alicyclic amines) is 1. The van der Waals surface area contributed by atoms with Gasteiger partial charge in [-0.2, -0.15) is 0 Å². The maximum Gasteiger partial charge on any atom is 0.0280 e. The third kappa shape index (κ3) is 3.67. The molecular weight excluding hydrogens is 210 g/mol. The molecule has 3 heteroatoms. The largest absolute Gasteiger partial charge is 0.314 e. The molecule has 2 aliphatic heterocycles. The topological polar surface area (TPSA) is 18.5 Å². The van der Waals surface area contributed by atoms with Gasteiger partial charge in [-0.05, 0) is 45.7 Å². The molecule has 2 rings (SSSR count). The van der Waals surface area contributed by atoms with E-state index in [1.165, 1.54) is 45.6 Å². The van der Waals surface area contributed by atoms with Crippen molar-refractivity contribution in [3.8, 4) is 0 Å². The number of piperazine rings is 1. The van der Waals surface area contributed by atoms with E-state index in [-0.39, 0.29) is 0 Å². The summed E-state index contributed by atoms with van der Waals surface area (Å²) in [6, 6.07) is 0. The molecule has 3 nitrogen and oxygen atoms in total. The van der Waals surface area contributed by atoms with Crippen LogP contribution in [-0.4, -0.2) is 61.2 Å². The Bertz CT molecular complexity index is 226. The summed E-state index contributed by atoms with van der Waals surface area (Å²) in [4.78, 5) is 5.32. The van der Waals surface area contributed by atoms with Crippen molar-refractivity contribution in [2.75, 3.05) is 45.8 Å². The normalized spacial score (nSPS) is 26.3. The molecule has 0 saturated carbocycles. The predicted octanol–water partition coefficient (Wildman–Crippen LogP) is 1.40. The van der Waals surface area contributed by atoms with Crippen LogP contribution in [0.1, 0.15) is 33.6 Å². The number of rotatable bonds is 3. The van der Waals surface area contributed by atoms with Gasteiger partial charge in [-0.1, -0.05) is 6.92 Å². The molecule has 2 saturated heterocycles. The van der Waals surface area contributed by atoms with Crippen LogP contribution in [0, 0.1) is 5.92 Å². The van der Waals surface area contributed by atoms with Crippen LogP contribution in [-0.2, 0) is 0 Å². The van der Waals surface area contributed by atoms with Crippen molar-refractivity contribution in [3.05, 3.63) is 0 Å². The Hall–Kier alpha value is -0.120.